The third-order valence-corrected chi connectivity index (χ3v) is 6.79. The van der Waals surface area contributed by atoms with Crippen LogP contribution >= 0.6 is 11.6 Å². The van der Waals surface area contributed by atoms with Crippen LogP contribution < -0.4 is 15.4 Å². The van der Waals surface area contributed by atoms with Crippen molar-refractivity contribution in [1.82, 2.24) is 20.5 Å². The number of likely N-dealkylation sites (tertiary alicyclic amines) is 1. The first-order valence-corrected chi connectivity index (χ1v) is 12.5. The molecule has 0 radical (unpaired) electrons. The fourth-order valence-electron chi connectivity index (χ4n) is 4.58. The minimum Gasteiger partial charge on any atom is -0.481 e. The standard InChI is InChI=1S/C24H29ClN4O4.C2H6/c1-33-22-6-5-17(12-26-22)24(32)9-7-20(8-10-24)29-14-19(15-29)28-21(30)13-27-23(31)16-3-2-4-18(25)11-16;1-2/h2-6,11-12,19-20,32H,7-10,13-15H2,1H3,(H,27,31)(H,28,30);1-2H3. The molecule has 190 valence electrons. The third-order valence-electron chi connectivity index (χ3n) is 6.55. The van der Waals surface area contributed by atoms with Crippen molar-refractivity contribution < 1.29 is 19.4 Å². The van der Waals surface area contributed by atoms with Crippen LogP contribution in [0.4, 0.5) is 0 Å². The molecular weight excluding hydrogens is 468 g/mol. The number of carbonyl (C=O) groups excluding carboxylic acids is 2. The number of ether oxygens (including phenoxy) is 1. The second-order valence-corrected chi connectivity index (χ2v) is 9.20. The van der Waals surface area contributed by atoms with E-state index in [1.54, 1.807) is 43.6 Å². The molecule has 0 bridgehead atoms. The summed E-state index contributed by atoms with van der Waals surface area (Å²) < 4.78 is 5.09. The summed E-state index contributed by atoms with van der Waals surface area (Å²) in [6, 6.07) is 10.7. The summed E-state index contributed by atoms with van der Waals surface area (Å²) in [5.74, 6) is -0.00146. The Morgan fingerprint density at radius 2 is 1.91 bits per heavy atom. The van der Waals surface area contributed by atoms with Crippen LogP contribution in [0, 0.1) is 0 Å². The summed E-state index contributed by atoms with van der Waals surface area (Å²) in [6.45, 7) is 5.48. The number of methoxy groups -OCH3 is 1. The van der Waals surface area contributed by atoms with Gasteiger partial charge in [0.1, 0.15) is 0 Å². The maximum Gasteiger partial charge on any atom is 0.251 e. The average Bonchev–Trinajstić information content (AvgIpc) is 2.86. The largest absolute Gasteiger partial charge is 0.481 e. The molecule has 0 atom stereocenters. The van der Waals surface area contributed by atoms with E-state index in [1.165, 1.54) is 0 Å². The lowest BCUT2D eigenvalue weighted by atomic mass is 9.77. The molecule has 2 aliphatic rings. The van der Waals surface area contributed by atoms with Crippen LogP contribution in [0.15, 0.2) is 42.6 Å². The van der Waals surface area contributed by atoms with Crippen molar-refractivity contribution >= 4 is 23.4 Å². The van der Waals surface area contributed by atoms with Gasteiger partial charge in [-0.25, -0.2) is 4.98 Å². The van der Waals surface area contributed by atoms with Gasteiger partial charge in [-0.2, -0.15) is 0 Å². The van der Waals surface area contributed by atoms with Gasteiger partial charge in [0.05, 0.1) is 25.3 Å². The van der Waals surface area contributed by atoms with E-state index in [-0.39, 0.29) is 24.4 Å². The maximum absolute atomic E-state index is 12.2. The predicted molar refractivity (Wildman–Crippen MR) is 136 cm³/mol. The zero-order valence-electron chi connectivity index (χ0n) is 20.6. The smallest absolute Gasteiger partial charge is 0.251 e. The molecule has 1 saturated carbocycles. The van der Waals surface area contributed by atoms with Crippen LogP contribution in [0.5, 0.6) is 5.88 Å². The quantitative estimate of drug-likeness (QED) is 0.537. The zero-order chi connectivity index (χ0) is 25.4. The van der Waals surface area contributed by atoms with Gasteiger partial charge in [0, 0.05) is 47.5 Å². The van der Waals surface area contributed by atoms with Crippen LogP contribution in [-0.4, -0.2) is 65.6 Å². The maximum atomic E-state index is 12.2. The molecular formula is C26H35ClN4O4. The highest BCUT2D eigenvalue weighted by Crippen LogP contribution is 2.39. The number of amides is 2. The molecule has 35 heavy (non-hydrogen) atoms. The molecule has 8 nitrogen and oxygen atoms in total. The van der Waals surface area contributed by atoms with Gasteiger partial charge in [-0.15, -0.1) is 0 Å². The van der Waals surface area contributed by atoms with E-state index >= 15 is 0 Å². The number of benzene rings is 1. The van der Waals surface area contributed by atoms with Crippen molar-refractivity contribution in [2.45, 2.75) is 57.2 Å². The lowest BCUT2D eigenvalue weighted by molar-refractivity contribution is -0.122. The molecule has 2 aromatic rings. The molecule has 0 unspecified atom stereocenters. The number of pyridine rings is 1. The molecule has 2 heterocycles. The van der Waals surface area contributed by atoms with E-state index in [0.29, 0.717) is 35.3 Å². The van der Waals surface area contributed by atoms with E-state index in [2.05, 4.69) is 20.5 Å². The summed E-state index contributed by atoms with van der Waals surface area (Å²) in [7, 11) is 1.57. The number of aromatic nitrogens is 1. The van der Waals surface area contributed by atoms with E-state index in [9.17, 15) is 14.7 Å². The first-order valence-electron chi connectivity index (χ1n) is 12.2. The SMILES string of the molecule is CC.COc1ccc(C2(O)CCC(N3CC(NC(=O)CNC(=O)c4cccc(Cl)c4)C3)CC2)cn1. The number of hydrogen-bond acceptors (Lipinski definition) is 6. The normalized spacial score (nSPS) is 22.3. The van der Waals surface area contributed by atoms with Gasteiger partial charge in [-0.3, -0.25) is 14.5 Å². The van der Waals surface area contributed by atoms with Gasteiger partial charge in [-0.05, 0) is 49.9 Å². The molecule has 1 aromatic carbocycles. The highest BCUT2D eigenvalue weighted by atomic mass is 35.5. The summed E-state index contributed by atoms with van der Waals surface area (Å²) in [6.07, 6.45) is 4.82. The van der Waals surface area contributed by atoms with Crippen molar-refractivity contribution in [1.29, 1.82) is 0 Å². The Labute approximate surface area is 212 Å². The minimum absolute atomic E-state index is 0.0752. The van der Waals surface area contributed by atoms with Crippen molar-refractivity contribution in [3.8, 4) is 5.88 Å². The number of nitrogens with zero attached hydrogens (tertiary/aromatic N) is 2. The second-order valence-electron chi connectivity index (χ2n) is 8.76. The summed E-state index contributed by atoms with van der Waals surface area (Å²) in [5, 5.41) is 17.1. The van der Waals surface area contributed by atoms with Crippen LogP contribution in [0.25, 0.3) is 0 Å². The van der Waals surface area contributed by atoms with Gasteiger partial charge in [0.25, 0.3) is 5.91 Å². The highest BCUT2D eigenvalue weighted by Gasteiger charge is 2.40. The van der Waals surface area contributed by atoms with Crippen LogP contribution in [0.3, 0.4) is 0 Å². The lowest BCUT2D eigenvalue weighted by Gasteiger charge is -2.48. The summed E-state index contributed by atoms with van der Waals surface area (Å²) in [4.78, 5) is 30.9. The van der Waals surface area contributed by atoms with E-state index in [1.807, 2.05) is 19.9 Å². The summed E-state index contributed by atoms with van der Waals surface area (Å²) >= 11 is 5.90. The van der Waals surface area contributed by atoms with E-state index in [4.69, 9.17) is 16.3 Å². The number of carbonyl (C=O) groups is 2. The fraction of sp³-hybridized carbons (Fsp3) is 0.500. The predicted octanol–water partition coefficient (Wildman–Crippen LogP) is 3.13. The van der Waals surface area contributed by atoms with Crippen LogP contribution in [0.2, 0.25) is 5.02 Å². The Kier molecular flexibility index (Phi) is 9.48. The number of rotatable bonds is 7. The fourth-order valence-corrected chi connectivity index (χ4v) is 4.77. The molecule has 2 amide bonds. The molecule has 0 spiro atoms. The van der Waals surface area contributed by atoms with Gasteiger partial charge in [-0.1, -0.05) is 31.5 Å². The molecule has 3 N–H and O–H groups in total. The van der Waals surface area contributed by atoms with Crippen molar-refractivity contribution in [3.05, 3.63) is 58.7 Å². The monoisotopic (exact) mass is 502 g/mol. The third kappa shape index (κ3) is 6.93. The topological polar surface area (TPSA) is 104 Å². The van der Waals surface area contributed by atoms with Crippen molar-refractivity contribution in [3.63, 3.8) is 0 Å². The van der Waals surface area contributed by atoms with Gasteiger partial charge >= 0.3 is 0 Å². The molecule has 1 saturated heterocycles. The lowest BCUT2D eigenvalue weighted by Crippen LogP contribution is -2.63. The highest BCUT2D eigenvalue weighted by molar-refractivity contribution is 6.30. The summed E-state index contributed by atoms with van der Waals surface area (Å²) in [5.41, 5.74) is 0.401. The van der Waals surface area contributed by atoms with Gasteiger partial charge in [0.2, 0.25) is 11.8 Å². The average molecular weight is 503 g/mol. The molecule has 1 aliphatic heterocycles. The number of hydrogen-bond donors (Lipinski definition) is 3. The Hall–Kier alpha value is -2.68. The minimum atomic E-state index is -0.852. The first kappa shape index (κ1) is 26.9. The van der Waals surface area contributed by atoms with Crippen molar-refractivity contribution in [2.75, 3.05) is 26.7 Å². The first-order chi connectivity index (χ1) is 16.9. The second kappa shape index (κ2) is 12.3. The Balaban J connectivity index is 0.00000167. The van der Waals surface area contributed by atoms with Gasteiger partial charge in [0.15, 0.2) is 0 Å². The Morgan fingerprint density at radius 3 is 2.51 bits per heavy atom. The zero-order valence-corrected chi connectivity index (χ0v) is 21.3. The molecule has 1 aromatic heterocycles. The molecule has 9 heteroatoms. The molecule has 1 aliphatic carbocycles. The number of nitrogens with one attached hydrogen (secondary N) is 2. The van der Waals surface area contributed by atoms with E-state index in [0.717, 1.165) is 31.5 Å². The van der Waals surface area contributed by atoms with Gasteiger partial charge < -0.3 is 20.5 Å². The Bertz CT molecular complexity index is 987. The molecule has 4 rings (SSSR count). The van der Waals surface area contributed by atoms with Crippen molar-refractivity contribution in [2.24, 2.45) is 0 Å². The van der Waals surface area contributed by atoms with Crippen LogP contribution in [0.1, 0.15) is 55.5 Å². The van der Waals surface area contributed by atoms with Crippen LogP contribution in [-0.2, 0) is 10.4 Å². The number of halogens is 1. The Morgan fingerprint density at radius 1 is 1.20 bits per heavy atom. The molecule has 2 fully saturated rings. The number of aliphatic hydroxyl groups is 1. The van der Waals surface area contributed by atoms with E-state index < -0.39 is 5.60 Å².